The molecule has 1 spiro atoms. The largest absolute Gasteiger partial charge is 0.497 e. The van der Waals surface area contributed by atoms with E-state index in [0.717, 1.165) is 36.5 Å². The van der Waals surface area contributed by atoms with E-state index in [2.05, 4.69) is 0 Å². The van der Waals surface area contributed by atoms with E-state index in [1.807, 2.05) is 18.2 Å². The summed E-state index contributed by atoms with van der Waals surface area (Å²) in [6.45, 7) is 1.41. The van der Waals surface area contributed by atoms with Crippen LogP contribution in [-0.2, 0) is 4.74 Å². The standard InChI is InChI=1S/C13H17NO3/c1-15-9-2-3-12-10(6-9)11(14)7-13(17-12)4-5-16-8-13/h2-3,6,11H,4-5,7-8,14H2,1H3/t11-,13?/m0/s1. The molecule has 2 aliphatic rings. The second kappa shape index (κ2) is 3.89. The number of fused-ring (bicyclic) bond motifs is 1. The van der Waals surface area contributed by atoms with Gasteiger partial charge < -0.3 is 19.9 Å². The van der Waals surface area contributed by atoms with Crippen molar-refractivity contribution in [3.63, 3.8) is 0 Å². The van der Waals surface area contributed by atoms with Gasteiger partial charge in [-0.05, 0) is 18.2 Å². The maximum Gasteiger partial charge on any atom is 0.136 e. The molecule has 1 aromatic rings. The molecule has 0 aromatic heterocycles. The van der Waals surface area contributed by atoms with E-state index in [1.165, 1.54) is 0 Å². The van der Waals surface area contributed by atoms with Crippen molar-refractivity contribution < 1.29 is 14.2 Å². The third-order valence-corrected chi connectivity index (χ3v) is 3.60. The molecule has 3 rings (SSSR count). The lowest BCUT2D eigenvalue weighted by molar-refractivity contribution is 0.0234. The number of rotatable bonds is 1. The third-order valence-electron chi connectivity index (χ3n) is 3.60. The minimum absolute atomic E-state index is 0.00412. The Bertz CT molecular complexity index is 427. The maximum absolute atomic E-state index is 6.23. The summed E-state index contributed by atoms with van der Waals surface area (Å²) in [5, 5.41) is 0. The van der Waals surface area contributed by atoms with Gasteiger partial charge >= 0.3 is 0 Å². The SMILES string of the molecule is COc1ccc2c(c1)[C@@H](N)CC1(CCOC1)O2. The zero-order chi connectivity index (χ0) is 11.9. The van der Waals surface area contributed by atoms with Crippen molar-refractivity contribution in [1.29, 1.82) is 0 Å². The molecule has 0 aliphatic carbocycles. The average molecular weight is 235 g/mol. The van der Waals surface area contributed by atoms with Crippen molar-refractivity contribution in [2.24, 2.45) is 5.73 Å². The van der Waals surface area contributed by atoms with Crippen LogP contribution in [0.25, 0.3) is 0 Å². The monoisotopic (exact) mass is 235 g/mol. The molecule has 0 amide bonds. The Morgan fingerprint density at radius 1 is 1.47 bits per heavy atom. The van der Waals surface area contributed by atoms with Gasteiger partial charge in [0.25, 0.3) is 0 Å². The molecule has 2 heterocycles. The van der Waals surface area contributed by atoms with Crippen molar-refractivity contribution in [2.75, 3.05) is 20.3 Å². The molecule has 2 atom stereocenters. The summed E-state index contributed by atoms with van der Waals surface area (Å²) in [7, 11) is 1.66. The minimum atomic E-state index is -0.207. The molecule has 1 aromatic carbocycles. The number of hydrogen-bond acceptors (Lipinski definition) is 4. The highest BCUT2D eigenvalue weighted by molar-refractivity contribution is 5.44. The van der Waals surface area contributed by atoms with E-state index in [4.69, 9.17) is 19.9 Å². The molecule has 2 N–H and O–H groups in total. The van der Waals surface area contributed by atoms with Crippen molar-refractivity contribution in [3.8, 4) is 11.5 Å². The lowest BCUT2D eigenvalue weighted by Crippen LogP contribution is -2.43. The molecule has 4 nitrogen and oxygen atoms in total. The first-order valence-electron chi connectivity index (χ1n) is 5.93. The van der Waals surface area contributed by atoms with E-state index in [0.29, 0.717) is 6.61 Å². The Hall–Kier alpha value is -1.26. The summed E-state index contributed by atoms with van der Waals surface area (Å²) in [6.07, 6.45) is 1.74. The van der Waals surface area contributed by atoms with E-state index in [9.17, 15) is 0 Å². The van der Waals surface area contributed by atoms with Gasteiger partial charge in [-0.25, -0.2) is 0 Å². The fourth-order valence-electron chi connectivity index (χ4n) is 2.65. The van der Waals surface area contributed by atoms with Crippen LogP contribution < -0.4 is 15.2 Å². The Labute approximate surface area is 101 Å². The number of hydrogen-bond donors (Lipinski definition) is 1. The number of nitrogens with two attached hydrogens (primary N) is 1. The Morgan fingerprint density at radius 3 is 3.06 bits per heavy atom. The van der Waals surface area contributed by atoms with Gasteiger partial charge in [0, 0.05) is 24.4 Å². The quantitative estimate of drug-likeness (QED) is 0.804. The second-order valence-corrected chi connectivity index (χ2v) is 4.80. The molecule has 1 saturated heterocycles. The third kappa shape index (κ3) is 1.77. The van der Waals surface area contributed by atoms with Crippen LogP contribution in [0.5, 0.6) is 11.5 Å². The Morgan fingerprint density at radius 2 is 2.35 bits per heavy atom. The van der Waals surface area contributed by atoms with Crippen LogP contribution >= 0.6 is 0 Å². The fraction of sp³-hybridized carbons (Fsp3) is 0.538. The van der Waals surface area contributed by atoms with Gasteiger partial charge in [0.1, 0.15) is 17.1 Å². The van der Waals surface area contributed by atoms with Crippen LogP contribution in [0.4, 0.5) is 0 Å². The number of methoxy groups -OCH3 is 1. The van der Waals surface area contributed by atoms with Gasteiger partial charge in [0.15, 0.2) is 0 Å². The van der Waals surface area contributed by atoms with Crippen LogP contribution in [0, 0.1) is 0 Å². The summed E-state index contributed by atoms with van der Waals surface area (Å²) in [6, 6.07) is 5.80. The number of ether oxygens (including phenoxy) is 3. The molecule has 1 fully saturated rings. The predicted molar refractivity (Wildman–Crippen MR) is 63.3 cm³/mol. The minimum Gasteiger partial charge on any atom is -0.497 e. The van der Waals surface area contributed by atoms with E-state index in [1.54, 1.807) is 7.11 Å². The molecule has 17 heavy (non-hydrogen) atoms. The van der Waals surface area contributed by atoms with Gasteiger partial charge in [0.05, 0.1) is 20.3 Å². The number of benzene rings is 1. The van der Waals surface area contributed by atoms with E-state index >= 15 is 0 Å². The maximum atomic E-state index is 6.23. The van der Waals surface area contributed by atoms with Gasteiger partial charge in [0.2, 0.25) is 0 Å². The first-order chi connectivity index (χ1) is 8.22. The van der Waals surface area contributed by atoms with Crippen LogP contribution in [0.1, 0.15) is 24.4 Å². The first kappa shape index (κ1) is 10.9. The van der Waals surface area contributed by atoms with Crippen LogP contribution in [0.15, 0.2) is 18.2 Å². The lowest BCUT2D eigenvalue weighted by atomic mass is 9.87. The van der Waals surface area contributed by atoms with Gasteiger partial charge in [-0.1, -0.05) is 0 Å². The summed E-state index contributed by atoms with van der Waals surface area (Å²) in [5.74, 6) is 1.69. The highest BCUT2D eigenvalue weighted by Crippen LogP contribution is 2.43. The summed E-state index contributed by atoms with van der Waals surface area (Å²) < 4.78 is 16.7. The van der Waals surface area contributed by atoms with Crippen molar-refractivity contribution >= 4 is 0 Å². The molecule has 2 aliphatic heterocycles. The molecule has 4 heteroatoms. The molecule has 0 bridgehead atoms. The zero-order valence-electron chi connectivity index (χ0n) is 9.94. The molecular weight excluding hydrogens is 218 g/mol. The van der Waals surface area contributed by atoms with Crippen LogP contribution in [-0.4, -0.2) is 25.9 Å². The van der Waals surface area contributed by atoms with Crippen molar-refractivity contribution in [3.05, 3.63) is 23.8 Å². The molecular formula is C13H17NO3. The van der Waals surface area contributed by atoms with Gasteiger partial charge in [-0.15, -0.1) is 0 Å². The first-order valence-corrected chi connectivity index (χ1v) is 5.93. The predicted octanol–water partition coefficient (Wildman–Crippen LogP) is 1.64. The van der Waals surface area contributed by atoms with E-state index < -0.39 is 0 Å². The van der Waals surface area contributed by atoms with Crippen LogP contribution in [0.2, 0.25) is 0 Å². The molecule has 1 unspecified atom stereocenters. The highest BCUT2D eigenvalue weighted by atomic mass is 16.6. The smallest absolute Gasteiger partial charge is 0.136 e. The zero-order valence-corrected chi connectivity index (χ0v) is 9.94. The molecule has 0 radical (unpaired) electrons. The topological polar surface area (TPSA) is 53.7 Å². The van der Waals surface area contributed by atoms with Crippen LogP contribution in [0.3, 0.4) is 0 Å². The van der Waals surface area contributed by atoms with Crippen molar-refractivity contribution in [1.82, 2.24) is 0 Å². The summed E-state index contributed by atoms with van der Waals surface area (Å²) >= 11 is 0. The summed E-state index contributed by atoms with van der Waals surface area (Å²) in [4.78, 5) is 0. The van der Waals surface area contributed by atoms with E-state index in [-0.39, 0.29) is 11.6 Å². The molecule has 0 saturated carbocycles. The van der Waals surface area contributed by atoms with Gasteiger partial charge in [-0.3, -0.25) is 0 Å². The van der Waals surface area contributed by atoms with Gasteiger partial charge in [-0.2, -0.15) is 0 Å². The normalized spacial score (nSPS) is 31.1. The average Bonchev–Trinajstić information content (AvgIpc) is 2.77. The highest BCUT2D eigenvalue weighted by Gasteiger charge is 2.43. The summed E-state index contributed by atoms with van der Waals surface area (Å²) in [5.41, 5.74) is 7.06. The second-order valence-electron chi connectivity index (χ2n) is 4.80. The van der Waals surface area contributed by atoms with Crippen molar-refractivity contribution in [2.45, 2.75) is 24.5 Å². The fourth-order valence-corrected chi connectivity index (χ4v) is 2.65. The molecule has 92 valence electrons. The Kier molecular flexibility index (Phi) is 2.49. The Balaban J connectivity index is 1.96. The lowest BCUT2D eigenvalue weighted by Gasteiger charge is -2.37.